The van der Waals surface area contributed by atoms with Crippen LogP contribution in [0.4, 0.5) is 11.4 Å². The van der Waals surface area contributed by atoms with E-state index in [4.69, 9.17) is 0 Å². The average Bonchev–Trinajstić information content (AvgIpc) is 2.94. The molecule has 0 radical (unpaired) electrons. The monoisotopic (exact) mass is 350 g/mol. The number of nitro groups is 1. The minimum Gasteiger partial charge on any atom is -0.392 e. The van der Waals surface area contributed by atoms with E-state index in [1.165, 1.54) is 6.07 Å². The number of thioether (sulfide) groups is 1. The highest BCUT2D eigenvalue weighted by molar-refractivity contribution is 8.15. The predicted octanol–water partition coefficient (Wildman–Crippen LogP) is 2.09. The Bertz CT molecular complexity index is 669. The van der Waals surface area contributed by atoms with Crippen molar-refractivity contribution in [1.82, 2.24) is 4.90 Å². The molecule has 0 bridgehead atoms. The first-order chi connectivity index (χ1) is 11.4. The van der Waals surface area contributed by atoms with Crippen molar-refractivity contribution in [3.63, 3.8) is 0 Å². The Morgan fingerprint density at radius 1 is 1.29 bits per heavy atom. The van der Waals surface area contributed by atoms with E-state index in [0.717, 1.165) is 24.8 Å². The third-order valence-corrected chi connectivity index (χ3v) is 5.52. The van der Waals surface area contributed by atoms with Gasteiger partial charge in [0.25, 0.3) is 5.69 Å². The van der Waals surface area contributed by atoms with Crippen LogP contribution in [-0.4, -0.2) is 57.6 Å². The van der Waals surface area contributed by atoms with Gasteiger partial charge in [0.15, 0.2) is 5.17 Å². The van der Waals surface area contributed by atoms with Crippen molar-refractivity contribution < 1.29 is 10.0 Å². The van der Waals surface area contributed by atoms with Gasteiger partial charge in [0.05, 0.1) is 18.1 Å². The summed E-state index contributed by atoms with van der Waals surface area (Å²) in [6.07, 6.45) is 0. The minimum atomic E-state index is -0.359. The number of benzene rings is 1. The minimum absolute atomic E-state index is 0.0920. The average molecular weight is 350 g/mol. The van der Waals surface area contributed by atoms with Crippen molar-refractivity contribution in [2.75, 3.05) is 37.6 Å². The van der Waals surface area contributed by atoms with E-state index in [1.807, 2.05) is 4.90 Å². The van der Waals surface area contributed by atoms with Gasteiger partial charge in [0.1, 0.15) is 5.69 Å². The quantitative estimate of drug-likeness (QED) is 0.664. The molecule has 1 N–H and O–H groups in total. The number of hydrogen-bond acceptors (Lipinski definition) is 7. The summed E-state index contributed by atoms with van der Waals surface area (Å²) in [5, 5.41) is 21.7. The number of hydrogen-bond donors (Lipinski definition) is 1. The Hall–Kier alpha value is -1.80. The second-order valence-corrected chi connectivity index (χ2v) is 8.35. The van der Waals surface area contributed by atoms with Crippen LogP contribution < -0.4 is 4.90 Å². The first kappa shape index (κ1) is 17.0. The molecule has 1 fully saturated rings. The Morgan fingerprint density at radius 2 is 1.96 bits per heavy atom. The van der Waals surface area contributed by atoms with Gasteiger partial charge in [-0.05, 0) is 31.5 Å². The van der Waals surface area contributed by atoms with Gasteiger partial charge in [-0.2, -0.15) is 0 Å². The lowest BCUT2D eigenvalue weighted by Crippen LogP contribution is -2.48. The number of piperazine rings is 1. The number of amidine groups is 1. The van der Waals surface area contributed by atoms with Gasteiger partial charge in [-0.3, -0.25) is 15.1 Å². The van der Waals surface area contributed by atoms with Crippen LogP contribution in [0.3, 0.4) is 0 Å². The smallest absolute Gasteiger partial charge is 0.292 e. The van der Waals surface area contributed by atoms with Crippen molar-refractivity contribution in [3.05, 3.63) is 33.9 Å². The second-order valence-electron chi connectivity index (χ2n) is 6.67. The van der Waals surface area contributed by atoms with E-state index in [1.54, 1.807) is 23.9 Å². The number of nitrogens with zero attached hydrogens (tertiary/aromatic N) is 4. The molecule has 1 saturated heterocycles. The molecule has 0 saturated carbocycles. The maximum absolute atomic E-state index is 11.3. The van der Waals surface area contributed by atoms with Crippen molar-refractivity contribution in [3.8, 4) is 0 Å². The summed E-state index contributed by atoms with van der Waals surface area (Å²) in [7, 11) is 0. The van der Waals surface area contributed by atoms with Crippen molar-refractivity contribution >= 4 is 28.3 Å². The zero-order valence-corrected chi connectivity index (χ0v) is 14.8. The molecule has 7 nitrogen and oxygen atoms in total. The number of rotatable bonds is 3. The summed E-state index contributed by atoms with van der Waals surface area (Å²) in [6.45, 7) is 8.09. The summed E-state index contributed by atoms with van der Waals surface area (Å²) < 4.78 is 0.153. The van der Waals surface area contributed by atoms with Gasteiger partial charge in [-0.1, -0.05) is 11.8 Å². The molecular formula is C16H22N4O3S. The first-order valence-corrected chi connectivity index (χ1v) is 8.83. The molecule has 2 aliphatic heterocycles. The maximum atomic E-state index is 11.3. The van der Waals surface area contributed by atoms with E-state index in [-0.39, 0.29) is 22.0 Å². The van der Waals surface area contributed by atoms with Gasteiger partial charge in [0.2, 0.25) is 0 Å². The lowest BCUT2D eigenvalue weighted by Gasteiger charge is -2.37. The van der Waals surface area contributed by atoms with Crippen molar-refractivity contribution in [1.29, 1.82) is 0 Å². The third-order valence-electron chi connectivity index (χ3n) is 4.27. The zero-order chi connectivity index (χ0) is 17.3. The SMILES string of the molecule is CC1(C)CN=C(N2CCN(c3cc(CO)ccc3[N+](=O)[O-])CC2)S1. The molecule has 1 aromatic rings. The standard InChI is InChI=1S/C16H22N4O3S/c1-16(2)11-17-15(24-16)19-7-5-18(6-8-19)14-9-12(10-21)3-4-13(14)20(22)23/h3-4,9,21H,5-8,10-11H2,1-2H3. The number of aliphatic hydroxyl groups is 1. The number of nitro benzene ring substituents is 1. The van der Waals surface area contributed by atoms with Crippen LogP contribution in [0.1, 0.15) is 19.4 Å². The summed E-state index contributed by atoms with van der Waals surface area (Å²) >= 11 is 1.80. The highest BCUT2D eigenvalue weighted by Gasteiger charge is 2.32. The largest absolute Gasteiger partial charge is 0.392 e. The van der Waals surface area contributed by atoms with Crippen LogP contribution >= 0.6 is 11.8 Å². The molecular weight excluding hydrogens is 328 g/mol. The summed E-state index contributed by atoms with van der Waals surface area (Å²) in [5.74, 6) is 0. The van der Waals surface area contributed by atoms with Crippen LogP contribution in [0.2, 0.25) is 0 Å². The molecule has 0 unspecified atom stereocenters. The van der Waals surface area contributed by atoms with Crippen molar-refractivity contribution in [2.45, 2.75) is 25.2 Å². The highest BCUT2D eigenvalue weighted by atomic mass is 32.2. The molecule has 0 aromatic heterocycles. The molecule has 8 heteroatoms. The lowest BCUT2D eigenvalue weighted by atomic mass is 10.1. The van der Waals surface area contributed by atoms with Crippen molar-refractivity contribution in [2.24, 2.45) is 4.99 Å². The topological polar surface area (TPSA) is 82.2 Å². The lowest BCUT2D eigenvalue weighted by molar-refractivity contribution is -0.384. The summed E-state index contributed by atoms with van der Waals surface area (Å²) in [4.78, 5) is 19.9. The molecule has 24 heavy (non-hydrogen) atoms. The van der Waals surface area contributed by atoms with Gasteiger partial charge in [-0.15, -0.1) is 0 Å². The Labute approximate surface area is 145 Å². The second kappa shape index (κ2) is 6.60. The molecule has 0 amide bonds. The van der Waals surface area contributed by atoms with Gasteiger partial charge < -0.3 is 14.9 Å². The molecule has 3 rings (SSSR count). The van der Waals surface area contributed by atoms with E-state index >= 15 is 0 Å². The zero-order valence-electron chi connectivity index (χ0n) is 13.9. The fraction of sp³-hybridized carbons (Fsp3) is 0.562. The highest BCUT2D eigenvalue weighted by Crippen LogP contribution is 2.35. The number of anilines is 1. The van der Waals surface area contributed by atoms with E-state index < -0.39 is 0 Å². The van der Waals surface area contributed by atoms with Crippen LogP contribution in [0.5, 0.6) is 0 Å². The first-order valence-electron chi connectivity index (χ1n) is 8.01. The van der Waals surface area contributed by atoms with Crippen LogP contribution in [0.25, 0.3) is 0 Å². The van der Waals surface area contributed by atoms with Crippen LogP contribution in [0.15, 0.2) is 23.2 Å². The van der Waals surface area contributed by atoms with E-state index in [2.05, 4.69) is 23.7 Å². The molecule has 2 heterocycles. The molecule has 1 aromatic carbocycles. The van der Waals surface area contributed by atoms with Crippen LogP contribution in [0, 0.1) is 10.1 Å². The molecule has 0 atom stereocenters. The fourth-order valence-corrected chi connectivity index (χ4v) is 4.01. The molecule has 0 aliphatic carbocycles. The Kier molecular flexibility index (Phi) is 4.69. The number of aliphatic imine (C=N–C) groups is 1. The van der Waals surface area contributed by atoms with Gasteiger partial charge in [0, 0.05) is 37.0 Å². The van der Waals surface area contributed by atoms with Gasteiger partial charge >= 0.3 is 0 Å². The maximum Gasteiger partial charge on any atom is 0.292 e. The third kappa shape index (κ3) is 3.49. The Morgan fingerprint density at radius 3 is 2.50 bits per heavy atom. The molecule has 130 valence electrons. The molecule has 0 spiro atoms. The summed E-state index contributed by atoms with van der Waals surface area (Å²) in [5.41, 5.74) is 1.37. The van der Waals surface area contributed by atoms with E-state index in [0.29, 0.717) is 24.3 Å². The van der Waals surface area contributed by atoms with E-state index in [9.17, 15) is 15.2 Å². The fourth-order valence-electron chi connectivity index (χ4n) is 2.95. The molecule has 2 aliphatic rings. The Balaban J connectivity index is 1.72. The van der Waals surface area contributed by atoms with Gasteiger partial charge in [-0.25, -0.2) is 0 Å². The normalized spacial score (nSPS) is 20.2. The predicted molar refractivity (Wildman–Crippen MR) is 96.8 cm³/mol. The summed E-state index contributed by atoms with van der Waals surface area (Å²) in [6, 6.07) is 4.80. The number of aliphatic hydroxyl groups excluding tert-OH is 1. The van der Waals surface area contributed by atoms with Crippen LogP contribution in [-0.2, 0) is 6.61 Å².